The summed E-state index contributed by atoms with van der Waals surface area (Å²) in [7, 11) is 1.53. The normalized spacial score (nSPS) is 17.7. The first kappa shape index (κ1) is 24.2. The van der Waals surface area contributed by atoms with Gasteiger partial charge in [0.2, 0.25) is 0 Å². The molecule has 0 bridgehead atoms. The number of hydrogen-bond donors (Lipinski definition) is 1. The van der Waals surface area contributed by atoms with E-state index in [-0.39, 0.29) is 22.3 Å². The van der Waals surface area contributed by atoms with E-state index < -0.39 is 23.5 Å². The summed E-state index contributed by atoms with van der Waals surface area (Å²) in [4.78, 5) is 28.0. The molecule has 6 heteroatoms. The van der Waals surface area contributed by atoms with Crippen LogP contribution in [0.5, 0.6) is 5.75 Å². The molecule has 180 valence electrons. The third-order valence-electron chi connectivity index (χ3n) is 6.30. The Morgan fingerprint density at radius 1 is 1.00 bits per heavy atom. The van der Waals surface area contributed by atoms with Crippen LogP contribution < -0.4 is 9.64 Å². The third-order valence-corrected chi connectivity index (χ3v) is 6.30. The van der Waals surface area contributed by atoms with Gasteiger partial charge < -0.3 is 9.84 Å². The third kappa shape index (κ3) is 4.44. The van der Waals surface area contributed by atoms with Crippen molar-refractivity contribution < 1.29 is 23.8 Å². The molecule has 1 N–H and O–H groups in total. The van der Waals surface area contributed by atoms with Crippen molar-refractivity contribution >= 4 is 23.1 Å². The molecule has 1 amide bonds. The molecule has 1 saturated heterocycles. The fraction of sp³-hybridized carbons (Fsp3) is 0.241. The van der Waals surface area contributed by atoms with E-state index in [4.69, 9.17) is 4.74 Å². The largest absolute Gasteiger partial charge is 0.507 e. The Labute approximate surface area is 204 Å². The number of aliphatic hydroxyl groups excluding tert-OH is 1. The van der Waals surface area contributed by atoms with Crippen molar-refractivity contribution in [3.63, 3.8) is 0 Å². The van der Waals surface area contributed by atoms with Gasteiger partial charge in [-0.3, -0.25) is 14.5 Å². The highest BCUT2D eigenvalue weighted by atomic mass is 19.1. The molecular weight excluding hydrogens is 445 g/mol. The Morgan fingerprint density at radius 3 is 2.29 bits per heavy atom. The molecule has 1 aliphatic heterocycles. The van der Waals surface area contributed by atoms with Gasteiger partial charge in [0, 0.05) is 11.3 Å². The Kier molecular flexibility index (Phi) is 6.24. The number of aliphatic hydroxyl groups is 1. The summed E-state index contributed by atoms with van der Waals surface area (Å²) in [5, 5.41) is 11.2. The monoisotopic (exact) mass is 473 g/mol. The molecule has 1 atom stereocenters. The lowest BCUT2D eigenvalue weighted by molar-refractivity contribution is -0.132. The van der Waals surface area contributed by atoms with Crippen LogP contribution in [0, 0.1) is 12.7 Å². The van der Waals surface area contributed by atoms with Gasteiger partial charge in [0.1, 0.15) is 17.3 Å². The van der Waals surface area contributed by atoms with Gasteiger partial charge in [-0.1, -0.05) is 45.0 Å². The van der Waals surface area contributed by atoms with Crippen molar-refractivity contribution in [2.45, 2.75) is 39.2 Å². The Hall–Kier alpha value is -3.93. The topological polar surface area (TPSA) is 66.8 Å². The van der Waals surface area contributed by atoms with Gasteiger partial charge in [-0.25, -0.2) is 4.39 Å². The standard InChI is InChI=1S/C29H28FNO4/c1-17-15-19(9-14-23(17)30)26(32)24-25(18-7-6-8-22(16-18)35-5)31(28(34)27(24)33)21-12-10-20(11-13-21)29(2,3)4/h6-16,25,32H,1-5H3/b26-24-. The van der Waals surface area contributed by atoms with Crippen molar-refractivity contribution in [1.29, 1.82) is 0 Å². The van der Waals surface area contributed by atoms with Crippen LogP contribution in [0.2, 0.25) is 0 Å². The molecule has 0 aliphatic carbocycles. The number of anilines is 1. The number of nitrogens with zero attached hydrogens (tertiary/aromatic N) is 1. The zero-order valence-corrected chi connectivity index (χ0v) is 20.4. The number of Topliss-reactive ketones (excluding diaryl/α,β-unsaturated/α-hetero) is 1. The van der Waals surface area contributed by atoms with Crippen LogP contribution in [-0.2, 0) is 15.0 Å². The zero-order valence-electron chi connectivity index (χ0n) is 20.4. The lowest BCUT2D eigenvalue weighted by Gasteiger charge is -2.27. The number of aryl methyl sites for hydroxylation is 1. The maximum Gasteiger partial charge on any atom is 0.300 e. The number of carbonyl (C=O) groups is 2. The van der Waals surface area contributed by atoms with Crippen LogP contribution in [0.1, 0.15) is 49.1 Å². The number of ether oxygens (including phenoxy) is 1. The van der Waals surface area contributed by atoms with Crippen molar-refractivity contribution in [3.05, 3.63) is 100 Å². The second kappa shape index (κ2) is 9.02. The van der Waals surface area contributed by atoms with E-state index in [1.54, 1.807) is 43.3 Å². The van der Waals surface area contributed by atoms with Crippen LogP contribution in [0.25, 0.3) is 5.76 Å². The summed E-state index contributed by atoms with van der Waals surface area (Å²) < 4.78 is 19.2. The average Bonchev–Trinajstić information content (AvgIpc) is 3.10. The van der Waals surface area contributed by atoms with Gasteiger partial charge in [0.05, 0.1) is 18.7 Å². The van der Waals surface area contributed by atoms with Crippen molar-refractivity contribution in [2.75, 3.05) is 12.0 Å². The Morgan fingerprint density at radius 2 is 1.69 bits per heavy atom. The first-order chi connectivity index (χ1) is 16.5. The Balaban J connectivity index is 1.93. The van der Waals surface area contributed by atoms with Crippen LogP contribution in [0.3, 0.4) is 0 Å². The minimum atomic E-state index is -0.893. The Bertz CT molecular complexity index is 1340. The number of benzene rings is 3. The van der Waals surface area contributed by atoms with Gasteiger partial charge >= 0.3 is 0 Å². The molecule has 0 saturated carbocycles. The van der Waals surface area contributed by atoms with E-state index in [1.165, 1.54) is 30.2 Å². The number of methoxy groups -OCH3 is 1. The first-order valence-corrected chi connectivity index (χ1v) is 11.3. The van der Waals surface area contributed by atoms with Gasteiger partial charge in [-0.2, -0.15) is 0 Å². The quantitative estimate of drug-likeness (QED) is 0.284. The maximum absolute atomic E-state index is 13.9. The van der Waals surface area contributed by atoms with E-state index in [0.717, 1.165) is 5.56 Å². The predicted molar refractivity (Wildman–Crippen MR) is 134 cm³/mol. The van der Waals surface area contributed by atoms with E-state index in [9.17, 15) is 19.1 Å². The minimum Gasteiger partial charge on any atom is -0.507 e. The zero-order chi connectivity index (χ0) is 25.5. The van der Waals surface area contributed by atoms with E-state index >= 15 is 0 Å². The summed E-state index contributed by atoms with van der Waals surface area (Å²) in [5.41, 5.74) is 2.65. The highest BCUT2D eigenvalue weighted by Gasteiger charge is 2.47. The SMILES string of the molecule is COc1cccc(C2/C(=C(/O)c3ccc(F)c(C)c3)C(=O)C(=O)N2c2ccc(C(C)(C)C)cc2)c1. The first-order valence-electron chi connectivity index (χ1n) is 11.3. The molecule has 1 unspecified atom stereocenters. The number of rotatable bonds is 4. The maximum atomic E-state index is 13.9. The number of carbonyl (C=O) groups excluding carboxylic acids is 2. The molecule has 4 rings (SSSR count). The fourth-order valence-corrected chi connectivity index (χ4v) is 4.30. The number of ketones is 1. The van der Waals surface area contributed by atoms with Gasteiger partial charge in [-0.05, 0) is 71.5 Å². The molecule has 0 radical (unpaired) electrons. The number of halogens is 1. The van der Waals surface area contributed by atoms with Crippen LogP contribution >= 0.6 is 0 Å². The number of amides is 1. The minimum absolute atomic E-state index is 0.0610. The summed E-state index contributed by atoms with van der Waals surface area (Å²) in [6, 6.07) is 17.7. The molecule has 3 aromatic carbocycles. The van der Waals surface area contributed by atoms with Crippen LogP contribution in [-0.4, -0.2) is 23.9 Å². The molecular formula is C29H28FNO4. The molecule has 0 aromatic heterocycles. The fourth-order valence-electron chi connectivity index (χ4n) is 4.30. The van der Waals surface area contributed by atoms with E-state index in [0.29, 0.717) is 22.6 Å². The second-order valence-corrected chi connectivity index (χ2v) is 9.71. The summed E-state index contributed by atoms with van der Waals surface area (Å²) in [6.45, 7) is 7.85. The molecule has 1 fully saturated rings. The molecule has 5 nitrogen and oxygen atoms in total. The van der Waals surface area contributed by atoms with E-state index in [1.807, 2.05) is 12.1 Å². The van der Waals surface area contributed by atoms with Gasteiger partial charge in [0.25, 0.3) is 11.7 Å². The smallest absolute Gasteiger partial charge is 0.300 e. The highest BCUT2D eigenvalue weighted by Crippen LogP contribution is 2.43. The van der Waals surface area contributed by atoms with E-state index in [2.05, 4.69) is 20.8 Å². The van der Waals surface area contributed by atoms with Crippen LogP contribution in [0.4, 0.5) is 10.1 Å². The van der Waals surface area contributed by atoms with Crippen molar-refractivity contribution in [1.82, 2.24) is 0 Å². The average molecular weight is 474 g/mol. The molecule has 35 heavy (non-hydrogen) atoms. The van der Waals surface area contributed by atoms with Crippen molar-refractivity contribution in [3.8, 4) is 5.75 Å². The van der Waals surface area contributed by atoms with Crippen molar-refractivity contribution in [2.24, 2.45) is 0 Å². The van der Waals surface area contributed by atoms with Gasteiger partial charge in [0.15, 0.2) is 0 Å². The lowest BCUT2D eigenvalue weighted by Crippen LogP contribution is -2.29. The summed E-state index contributed by atoms with van der Waals surface area (Å²) in [6.07, 6.45) is 0. The summed E-state index contributed by atoms with van der Waals surface area (Å²) >= 11 is 0. The molecule has 1 heterocycles. The highest BCUT2D eigenvalue weighted by molar-refractivity contribution is 6.51. The van der Waals surface area contributed by atoms with Crippen LogP contribution in [0.15, 0.2) is 72.3 Å². The molecule has 1 aliphatic rings. The molecule has 0 spiro atoms. The predicted octanol–water partition coefficient (Wildman–Crippen LogP) is 6.07. The second-order valence-electron chi connectivity index (χ2n) is 9.71. The molecule has 3 aromatic rings. The van der Waals surface area contributed by atoms with Gasteiger partial charge in [-0.15, -0.1) is 0 Å². The summed E-state index contributed by atoms with van der Waals surface area (Å²) in [5.74, 6) is -1.79. The number of hydrogen-bond acceptors (Lipinski definition) is 4. The lowest BCUT2D eigenvalue weighted by atomic mass is 9.87.